The van der Waals surface area contributed by atoms with Crippen molar-refractivity contribution in [3.05, 3.63) is 134 Å². The predicted octanol–water partition coefficient (Wildman–Crippen LogP) is 6.22. The first kappa shape index (κ1) is 40.1. The number of aryl methyl sites for hydroxylation is 1. The van der Waals surface area contributed by atoms with Crippen LogP contribution >= 0.6 is 23.2 Å². The van der Waals surface area contributed by atoms with E-state index in [0.29, 0.717) is 12.0 Å². The molecule has 3 saturated heterocycles. The summed E-state index contributed by atoms with van der Waals surface area (Å²) in [5.74, 6) is -27.2. The summed E-state index contributed by atoms with van der Waals surface area (Å²) in [7, 11) is 0. The minimum atomic E-state index is -5.28. The maximum atomic E-state index is 15.0. The van der Waals surface area contributed by atoms with Crippen LogP contribution in [0.2, 0.25) is 10.0 Å². The topological polar surface area (TPSA) is 27.9 Å². The van der Waals surface area contributed by atoms with Gasteiger partial charge in [-0.3, -0.25) is 4.90 Å². The zero-order valence-electron chi connectivity index (χ0n) is 28.6. The average Bonchev–Trinajstić information content (AvgIpc) is 3.81. The lowest BCUT2D eigenvalue weighted by Gasteiger charge is -2.40. The van der Waals surface area contributed by atoms with E-state index in [4.69, 9.17) is 23.2 Å². The van der Waals surface area contributed by atoms with E-state index in [1.807, 2.05) is 35.3 Å². The van der Waals surface area contributed by atoms with Gasteiger partial charge in [0.2, 0.25) is 6.35 Å². The van der Waals surface area contributed by atoms with Crippen LogP contribution in [-0.4, -0.2) is 55.5 Å². The summed E-state index contributed by atoms with van der Waals surface area (Å²) in [5, 5.41) is 10.1. The van der Waals surface area contributed by atoms with E-state index in [1.54, 1.807) is 0 Å². The highest BCUT2D eigenvalue weighted by molar-refractivity contribution is 7.08. The van der Waals surface area contributed by atoms with Crippen LogP contribution in [0.15, 0.2) is 54.6 Å². The van der Waals surface area contributed by atoms with Gasteiger partial charge in [-0.1, -0.05) is 82.2 Å². The fourth-order valence-corrected chi connectivity index (χ4v) is 8.80. The lowest BCUT2D eigenvalue weighted by molar-refractivity contribution is -0.914. The molecule has 0 spiro atoms. The number of nitrogens with zero attached hydrogens (tertiary/aromatic N) is 1. The molecule has 1 saturated carbocycles. The van der Waals surface area contributed by atoms with Gasteiger partial charge in [-0.05, 0) is 55.2 Å². The van der Waals surface area contributed by atoms with Crippen LogP contribution < -0.4 is 21.3 Å². The molecule has 3 aliphatic heterocycles. The van der Waals surface area contributed by atoms with Crippen LogP contribution in [0, 0.1) is 76.9 Å². The van der Waals surface area contributed by atoms with Gasteiger partial charge < -0.3 is 9.92 Å². The van der Waals surface area contributed by atoms with E-state index >= 15 is 17.6 Å². The maximum Gasteiger partial charge on any atom is 0.211 e. The maximum absolute atomic E-state index is 15.0. The van der Waals surface area contributed by atoms with Gasteiger partial charge in [-0.15, -0.1) is 5.46 Å². The second kappa shape index (κ2) is 15.9. The molecule has 4 fully saturated rings. The zero-order valence-corrected chi connectivity index (χ0v) is 30.1. The highest BCUT2D eigenvalue weighted by Gasteiger charge is 2.46. The second-order valence-electron chi connectivity index (χ2n) is 14.1. The zero-order chi connectivity index (χ0) is 39.2. The summed E-state index contributed by atoms with van der Waals surface area (Å²) in [5.41, 5.74) is -4.09. The molecule has 54 heavy (non-hydrogen) atoms. The van der Waals surface area contributed by atoms with Crippen LogP contribution in [0.4, 0.5) is 43.9 Å². The molecule has 4 bridgehead atoms. The number of quaternary nitrogens is 1. The summed E-state index contributed by atoms with van der Waals surface area (Å²) < 4.78 is 145. The molecule has 0 amide bonds. The first-order valence-electron chi connectivity index (χ1n) is 17.2. The van der Waals surface area contributed by atoms with Crippen molar-refractivity contribution in [3.8, 4) is 0 Å². The lowest BCUT2D eigenvalue weighted by Crippen LogP contribution is -3.17. The third-order valence-corrected chi connectivity index (χ3v) is 11.5. The van der Waals surface area contributed by atoms with E-state index in [0.717, 1.165) is 18.6 Å². The molecule has 3 nitrogen and oxygen atoms in total. The fourth-order valence-electron chi connectivity index (χ4n) is 7.98. The average molecular weight is 805 g/mol. The first-order chi connectivity index (χ1) is 25.6. The minimum absolute atomic E-state index is 0.0303. The normalized spacial score (nSPS) is 22.5. The van der Waals surface area contributed by atoms with Gasteiger partial charge in [0.05, 0.1) is 19.6 Å². The smallest absolute Gasteiger partial charge is 0.211 e. The van der Waals surface area contributed by atoms with Crippen molar-refractivity contribution in [3.63, 3.8) is 0 Å². The molecule has 0 radical (unpaired) electrons. The number of halogens is 12. The van der Waals surface area contributed by atoms with Crippen LogP contribution in [0.25, 0.3) is 0 Å². The summed E-state index contributed by atoms with van der Waals surface area (Å²) in [4.78, 5) is 4.39. The SMILES string of the molecule is C1C[NH+]2CCN1CC2.Cc1ccccc1.O[B-](c1c(Cl)cc([C@H]2C[C@@H]3C=C[C@H]2C3)cc1Cl)(c1c(F)c(F)c(F)c(F)c1F)c1c(F)c(F)c(F)c(F)c1F. The summed E-state index contributed by atoms with van der Waals surface area (Å²) in [6, 6.07) is 12.4. The molecule has 288 valence electrons. The molecule has 3 heterocycles. The molecule has 2 aliphatic carbocycles. The van der Waals surface area contributed by atoms with Crippen LogP contribution in [-0.2, 0) is 0 Å². The molecular formula is C38H33BCl2F10N2O. The molecule has 9 rings (SSSR count). The molecule has 5 aliphatic rings. The van der Waals surface area contributed by atoms with Crippen LogP contribution in [0.5, 0.6) is 0 Å². The second-order valence-corrected chi connectivity index (χ2v) is 14.9. The van der Waals surface area contributed by atoms with Gasteiger partial charge in [-0.25, -0.2) is 43.9 Å². The molecule has 0 unspecified atom stereocenters. The van der Waals surface area contributed by atoms with Crippen molar-refractivity contribution in [2.24, 2.45) is 11.8 Å². The van der Waals surface area contributed by atoms with Gasteiger partial charge in [0.1, 0.15) is 23.3 Å². The highest BCUT2D eigenvalue weighted by atomic mass is 35.5. The molecular weight excluding hydrogens is 772 g/mol. The first-order valence-corrected chi connectivity index (χ1v) is 18.0. The van der Waals surface area contributed by atoms with Crippen molar-refractivity contribution < 1.29 is 53.8 Å². The molecule has 16 heteroatoms. The molecule has 4 aromatic carbocycles. The van der Waals surface area contributed by atoms with Crippen LogP contribution in [0.1, 0.15) is 29.9 Å². The van der Waals surface area contributed by atoms with Gasteiger partial charge in [0, 0.05) is 29.7 Å². The van der Waals surface area contributed by atoms with Gasteiger partial charge in [0.15, 0.2) is 34.9 Å². The third kappa shape index (κ3) is 7.27. The number of nitrogens with one attached hydrogen (secondary N) is 1. The Morgan fingerprint density at radius 1 is 0.611 bits per heavy atom. The van der Waals surface area contributed by atoms with Crippen molar-refractivity contribution >= 4 is 45.9 Å². The van der Waals surface area contributed by atoms with E-state index in [1.165, 1.54) is 44.8 Å². The lowest BCUT2D eigenvalue weighted by atomic mass is 9.28. The summed E-state index contributed by atoms with van der Waals surface area (Å²) in [6.45, 7) is 10.4. The minimum Gasteiger partial charge on any atom is -0.594 e. The Balaban J connectivity index is 0.000000271. The Morgan fingerprint density at radius 2 is 1.04 bits per heavy atom. The van der Waals surface area contributed by atoms with Gasteiger partial charge in [-0.2, -0.15) is 0 Å². The highest BCUT2D eigenvalue weighted by Crippen LogP contribution is 2.49. The predicted molar refractivity (Wildman–Crippen MR) is 187 cm³/mol. The molecule has 4 aromatic rings. The quantitative estimate of drug-likeness (QED) is 0.0845. The summed E-state index contributed by atoms with van der Waals surface area (Å²) >= 11 is 12.5. The Kier molecular flexibility index (Phi) is 11.8. The Bertz CT molecular complexity index is 1930. The third-order valence-electron chi connectivity index (χ3n) is 10.8. The monoisotopic (exact) mass is 804 g/mol. The molecule has 2 N–H and O–H groups in total. The Hall–Kier alpha value is -3.56. The number of fused-ring (bicyclic) bond motifs is 5. The van der Waals surface area contributed by atoms with Gasteiger partial charge in [0.25, 0.3) is 0 Å². The van der Waals surface area contributed by atoms with Crippen molar-refractivity contribution in [2.45, 2.75) is 25.7 Å². The number of piperazine rings is 3. The number of benzene rings is 4. The van der Waals surface area contributed by atoms with E-state index in [9.17, 15) is 31.4 Å². The number of rotatable bonds is 4. The fraction of sp³-hybridized carbons (Fsp3) is 0.316. The van der Waals surface area contributed by atoms with Crippen LogP contribution in [0.3, 0.4) is 0 Å². The number of allylic oxidation sites excluding steroid dienone is 2. The van der Waals surface area contributed by atoms with E-state index in [2.05, 4.69) is 24.0 Å². The molecule has 3 atom stereocenters. The van der Waals surface area contributed by atoms with Crippen molar-refractivity contribution in [2.75, 3.05) is 39.3 Å². The number of hydrogen-bond donors (Lipinski definition) is 2. The van der Waals surface area contributed by atoms with E-state index in [-0.39, 0.29) is 17.8 Å². The molecule has 0 aromatic heterocycles. The largest absolute Gasteiger partial charge is 0.594 e. The summed E-state index contributed by atoms with van der Waals surface area (Å²) in [6.07, 6.45) is 0.0462. The van der Waals surface area contributed by atoms with Crippen molar-refractivity contribution in [1.82, 2.24) is 4.90 Å². The van der Waals surface area contributed by atoms with Gasteiger partial charge >= 0.3 is 0 Å². The van der Waals surface area contributed by atoms with Crippen molar-refractivity contribution in [1.29, 1.82) is 0 Å². The standard InChI is InChI=1S/C25H12BCl2F10O.C7H8.C6H12N2/c27-11-5-9(10-4-7-1-2-8(10)3-7)6-12(28)13(11)26(39,14-16(29)20(33)24(37)21(34)17(14)30)15-18(31)22(35)25(38)23(36)19(15)32;1-7-5-3-2-4-6-7;1-2-8-5-3-7(1)4-6-8/h1-2,5-8,10,39H,3-4H2;2-6H,1H3;1-6H2/q-1;;/p+1/t7-,8+,10+;;/m1../s1. The van der Waals surface area contributed by atoms with E-state index < -0.39 is 91.0 Å². The Morgan fingerprint density at radius 3 is 1.33 bits per heavy atom. The number of hydrogen-bond acceptors (Lipinski definition) is 2. The Labute approximate surface area is 314 Å².